The highest BCUT2D eigenvalue weighted by Crippen LogP contribution is 2.31. The maximum absolute atomic E-state index is 12.5. The zero-order chi connectivity index (χ0) is 22.0. The molecule has 1 aliphatic rings. The van der Waals surface area contributed by atoms with Crippen molar-refractivity contribution in [3.05, 3.63) is 12.7 Å². The number of hydrogen-bond acceptors (Lipinski definition) is 7. The molecule has 1 saturated carbocycles. The largest absolute Gasteiger partial charge is 0.370 e. The molecule has 0 heterocycles. The number of nitrogens with two attached hydrogens (primary N) is 1. The molecule has 0 aliphatic heterocycles. The summed E-state index contributed by atoms with van der Waals surface area (Å²) in [6.45, 7) is 4.39. The maximum Gasteiger partial charge on any atom is 0.247 e. The molecule has 0 radical (unpaired) electrons. The van der Waals surface area contributed by atoms with E-state index in [1.807, 2.05) is 24.5 Å². The third kappa shape index (κ3) is 9.16. The number of hydrogen-bond donors (Lipinski definition) is 5. The van der Waals surface area contributed by atoms with Gasteiger partial charge in [-0.25, -0.2) is 0 Å². The van der Waals surface area contributed by atoms with Gasteiger partial charge in [-0.3, -0.25) is 19.2 Å². The molecule has 1 unspecified atom stereocenters. The van der Waals surface area contributed by atoms with Gasteiger partial charge in [-0.15, -0.1) is 6.58 Å². The van der Waals surface area contributed by atoms with E-state index in [0.29, 0.717) is 12.8 Å². The monoisotopic (exact) mass is 411 g/mol. The summed E-state index contributed by atoms with van der Waals surface area (Å²) in [5.41, 5.74) is 7.14. The number of ketones is 1. The Labute approximate surface area is 171 Å². The first-order valence-corrected chi connectivity index (χ1v) is 9.79. The first-order valence-electron chi connectivity index (χ1n) is 9.79. The first kappa shape index (κ1) is 24.7. The van der Waals surface area contributed by atoms with Crippen LogP contribution in [0.5, 0.6) is 0 Å². The number of carbonyl (C=O) groups excluding carboxylic acids is 4. The molecule has 0 aromatic heterocycles. The number of Topliss-reactive ketones (excluding diaryl/α,β-unsaturated/α-hetero) is 1. The number of unbranched alkanes of at least 4 members (excludes halogenated alkanes) is 1. The van der Waals surface area contributed by atoms with Crippen LogP contribution >= 0.6 is 0 Å². The molecule has 3 amide bonds. The van der Waals surface area contributed by atoms with Gasteiger partial charge in [0.25, 0.3) is 0 Å². The zero-order valence-corrected chi connectivity index (χ0v) is 17.1. The second kappa shape index (κ2) is 12.3. The topological polar surface area (TPSA) is 154 Å². The summed E-state index contributed by atoms with van der Waals surface area (Å²) in [7, 11) is 3.89. The molecule has 164 valence electrons. The van der Waals surface area contributed by atoms with Crippen LogP contribution in [0.4, 0.5) is 0 Å². The van der Waals surface area contributed by atoms with Gasteiger partial charge in [-0.1, -0.05) is 12.5 Å². The minimum absolute atomic E-state index is 0.165. The highest BCUT2D eigenvalue weighted by atomic mass is 16.5. The second-order valence-electron chi connectivity index (χ2n) is 7.61. The Bertz CT molecular complexity index is 606. The van der Waals surface area contributed by atoms with E-state index in [1.54, 1.807) is 0 Å². The fourth-order valence-electron chi connectivity index (χ4n) is 2.85. The molecule has 1 rings (SSSR count). The highest BCUT2D eigenvalue weighted by Gasteiger charge is 2.37. The number of primary amides is 1. The lowest BCUT2D eigenvalue weighted by atomic mass is 10.0. The molecule has 6 N–H and O–H groups in total. The SMILES string of the molecule is C=CC(NC(=O)[C@H](CCCCN(C)C)NO)C(=O)N[C@@H](CC(N)=O)C(=O)C1CC1. The minimum atomic E-state index is -1.12. The molecule has 0 spiro atoms. The third-order valence-electron chi connectivity index (χ3n) is 4.68. The van der Waals surface area contributed by atoms with Crippen molar-refractivity contribution in [3.63, 3.8) is 0 Å². The minimum Gasteiger partial charge on any atom is -0.370 e. The quantitative estimate of drug-likeness (QED) is 0.133. The molecule has 0 bridgehead atoms. The summed E-state index contributed by atoms with van der Waals surface area (Å²) >= 11 is 0. The van der Waals surface area contributed by atoms with Gasteiger partial charge in [0.15, 0.2) is 5.78 Å². The molecule has 1 fully saturated rings. The van der Waals surface area contributed by atoms with Gasteiger partial charge in [0.1, 0.15) is 12.1 Å². The predicted molar refractivity (Wildman–Crippen MR) is 107 cm³/mol. The summed E-state index contributed by atoms with van der Waals surface area (Å²) in [4.78, 5) is 50.4. The highest BCUT2D eigenvalue weighted by molar-refractivity contribution is 5.97. The summed E-state index contributed by atoms with van der Waals surface area (Å²) in [5, 5.41) is 14.2. The normalized spacial score (nSPS) is 16.6. The molecular weight excluding hydrogens is 378 g/mol. The van der Waals surface area contributed by atoms with E-state index in [4.69, 9.17) is 5.73 Å². The second-order valence-corrected chi connectivity index (χ2v) is 7.61. The van der Waals surface area contributed by atoms with Crippen molar-refractivity contribution in [1.82, 2.24) is 21.0 Å². The van der Waals surface area contributed by atoms with E-state index in [-0.39, 0.29) is 18.1 Å². The van der Waals surface area contributed by atoms with Crippen molar-refractivity contribution in [2.45, 2.75) is 56.7 Å². The van der Waals surface area contributed by atoms with Crippen molar-refractivity contribution >= 4 is 23.5 Å². The molecular formula is C19H33N5O5. The molecule has 3 atom stereocenters. The summed E-state index contributed by atoms with van der Waals surface area (Å²) < 4.78 is 0. The van der Waals surface area contributed by atoms with Crippen LogP contribution in [0, 0.1) is 5.92 Å². The Morgan fingerprint density at radius 3 is 2.28 bits per heavy atom. The number of nitrogens with one attached hydrogen (secondary N) is 3. The van der Waals surface area contributed by atoms with Gasteiger partial charge in [0.05, 0.1) is 12.5 Å². The van der Waals surface area contributed by atoms with Crippen LogP contribution in [0.25, 0.3) is 0 Å². The Balaban J connectivity index is 2.62. The van der Waals surface area contributed by atoms with Crippen LogP contribution < -0.4 is 21.8 Å². The molecule has 0 aromatic rings. The average Bonchev–Trinajstić information content (AvgIpc) is 3.49. The van der Waals surface area contributed by atoms with E-state index in [0.717, 1.165) is 25.8 Å². The van der Waals surface area contributed by atoms with Crippen molar-refractivity contribution in [1.29, 1.82) is 0 Å². The Kier molecular flexibility index (Phi) is 10.5. The number of hydroxylamine groups is 1. The van der Waals surface area contributed by atoms with Crippen LogP contribution in [-0.2, 0) is 19.2 Å². The summed E-state index contributed by atoms with van der Waals surface area (Å²) in [6.07, 6.45) is 4.30. The lowest BCUT2D eigenvalue weighted by Crippen LogP contribution is -2.54. The third-order valence-corrected chi connectivity index (χ3v) is 4.68. The van der Waals surface area contributed by atoms with Crippen LogP contribution in [0.2, 0.25) is 0 Å². The van der Waals surface area contributed by atoms with Crippen LogP contribution in [0.1, 0.15) is 38.5 Å². The fourth-order valence-corrected chi connectivity index (χ4v) is 2.85. The van der Waals surface area contributed by atoms with Gasteiger partial charge in [-0.2, -0.15) is 5.48 Å². The lowest BCUT2D eigenvalue weighted by molar-refractivity contribution is -0.133. The number of rotatable bonds is 15. The molecule has 10 heteroatoms. The van der Waals surface area contributed by atoms with E-state index in [1.165, 1.54) is 6.08 Å². The Morgan fingerprint density at radius 2 is 1.79 bits per heavy atom. The molecule has 29 heavy (non-hydrogen) atoms. The van der Waals surface area contributed by atoms with E-state index in [2.05, 4.69) is 17.2 Å². The number of amides is 3. The standard InChI is InChI=1S/C19H33N5O5/c1-4-13(21-19(28)14(23-29)7-5-6-10-24(2)3)18(27)22-15(11-16(20)25)17(26)12-8-9-12/h4,12-15,23,29H,1,5-11H2,2-3H3,(H2,20,25)(H,21,28)(H,22,27)/t13?,14-,15-/m0/s1. The van der Waals surface area contributed by atoms with Crippen LogP contribution in [0.3, 0.4) is 0 Å². The van der Waals surface area contributed by atoms with E-state index < -0.39 is 35.8 Å². The van der Waals surface area contributed by atoms with Gasteiger partial charge >= 0.3 is 0 Å². The Hall–Kier alpha value is -2.30. The van der Waals surface area contributed by atoms with Crippen molar-refractivity contribution in [2.24, 2.45) is 11.7 Å². The van der Waals surface area contributed by atoms with E-state index >= 15 is 0 Å². The average molecular weight is 412 g/mol. The molecule has 0 aromatic carbocycles. The van der Waals surface area contributed by atoms with Crippen LogP contribution in [-0.4, -0.2) is 72.4 Å². The predicted octanol–water partition coefficient (Wildman–Crippen LogP) is -0.924. The Morgan fingerprint density at radius 1 is 1.14 bits per heavy atom. The van der Waals surface area contributed by atoms with E-state index in [9.17, 15) is 24.4 Å². The van der Waals surface area contributed by atoms with Crippen molar-refractivity contribution in [3.8, 4) is 0 Å². The van der Waals surface area contributed by atoms with Crippen molar-refractivity contribution < 1.29 is 24.4 Å². The first-order chi connectivity index (χ1) is 13.7. The number of nitrogens with zero attached hydrogens (tertiary/aromatic N) is 1. The zero-order valence-electron chi connectivity index (χ0n) is 17.1. The molecule has 0 saturated heterocycles. The van der Waals surface area contributed by atoms with Gasteiger partial charge in [0, 0.05) is 5.92 Å². The molecule has 10 nitrogen and oxygen atoms in total. The summed E-state index contributed by atoms with van der Waals surface area (Å²) in [5.74, 6) is -2.34. The number of carbonyl (C=O) groups is 4. The fraction of sp³-hybridized carbons (Fsp3) is 0.684. The molecule has 1 aliphatic carbocycles. The van der Waals surface area contributed by atoms with Gasteiger partial charge < -0.3 is 26.5 Å². The lowest BCUT2D eigenvalue weighted by Gasteiger charge is -2.22. The van der Waals surface area contributed by atoms with Crippen molar-refractivity contribution in [2.75, 3.05) is 20.6 Å². The smallest absolute Gasteiger partial charge is 0.247 e. The van der Waals surface area contributed by atoms with Gasteiger partial charge in [0.2, 0.25) is 17.7 Å². The maximum atomic E-state index is 12.5. The van der Waals surface area contributed by atoms with Gasteiger partial charge in [-0.05, 0) is 46.3 Å². The van der Waals surface area contributed by atoms with Crippen LogP contribution in [0.15, 0.2) is 12.7 Å². The summed E-state index contributed by atoms with van der Waals surface area (Å²) in [6, 6.07) is -3.03.